The van der Waals surface area contributed by atoms with Crippen LogP contribution in [0.2, 0.25) is 84.6 Å². The summed E-state index contributed by atoms with van der Waals surface area (Å²) < 4.78 is 23.1. The number of ether oxygens (including phenoxy) is 2. The molecule has 0 atom stereocenters. The molecular formula is C58H83ClO7Si6. The molecule has 0 unspecified atom stereocenters. The van der Waals surface area contributed by atoms with Gasteiger partial charge in [-0.05, 0) is 110 Å². The first-order valence-electron chi connectivity index (χ1n) is 24.9. The zero-order valence-corrected chi connectivity index (χ0v) is 52.1. The molecule has 0 aliphatic rings. The summed E-state index contributed by atoms with van der Waals surface area (Å²) in [6.45, 7) is 30.3. The second-order valence-electron chi connectivity index (χ2n) is 20.2. The highest BCUT2D eigenvalue weighted by atomic mass is 35.6. The van der Waals surface area contributed by atoms with Crippen molar-refractivity contribution in [2.24, 2.45) is 0 Å². The van der Waals surface area contributed by atoms with Gasteiger partial charge in [0, 0.05) is 6.42 Å². The fraction of sp³-hybridized carbons (Fsp3) is 0.310. The van der Waals surface area contributed by atoms with E-state index in [2.05, 4.69) is 139 Å². The maximum atomic E-state index is 12.0. The average molecular weight is 1100 g/mol. The lowest BCUT2D eigenvalue weighted by Crippen LogP contribution is -2.52. The minimum absolute atomic E-state index is 0.127. The highest BCUT2D eigenvalue weighted by Crippen LogP contribution is 2.21. The van der Waals surface area contributed by atoms with Crippen molar-refractivity contribution in [2.45, 2.75) is 117 Å². The normalized spacial score (nSPS) is 11.4. The van der Waals surface area contributed by atoms with E-state index in [1.165, 1.54) is 21.6 Å². The molecule has 0 aromatic heterocycles. The Morgan fingerprint density at radius 2 is 0.875 bits per heavy atom. The summed E-state index contributed by atoms with van der Waals surface area (Å²) in [5.74, 6) is -0.364. The van der Waals surface area contributed by atoms with E-state index in [-0.39, 0.29) is 18.4 Å². The van der Waals surface area contributed by atoms with Crippen LogP contribution < -0.4 is 20.7 Å². The van der Waals surface area contributed by atoms with Crippen LogP contribution in [0.5, 0.6) is 0 Å². The monoisotopic (exact) mass is 1090 g/mol. The summed E-state index contributed by atoms with van der Waals surface area (Å²) in [4.78, 5) is 32.5. The van der Waals surface area contributed by atoms with Crippen LogP contribution in [0.25, 0.3) is 0 Å². The smallest absolute Gasteiger partial charge is 0.309 e. The summed E-state index contributed by atoms with van der Waals surface area (Å²) in [7, 11) is -9.81. The van der Waals surface area contributed by atoms with E-state index in [4.69, 9.17) is 28.8 Å². The Kier molecular flexibility index (Phi) is 28.8. The molecule has 0 saturated carbocycles. The molecule has 6 aromatic carbocycles. The van der Waals surface area contributed by atoms with Gasteiger partial charge in [0.2, 0.25) is 25.0 Å². The van der Waals surface area contributed by atoms with Crippen molar-refractivity contribution in [2.75, 3.05) is 0 Å². The molecule has 0 aliphatic carbocycles. The van der Waals surface area contributed by atoms with Crippen molar-refractivity contribution in [1.82, 2.24) is 0 Å². The van der Waals surface area contributed by atoms with Gasteiger partial charge in [0.25, 0.3) is 0 Å². The minimum Gasteiger partial charge on any atom is -0.461 e. The molecule has 1 N–H and O–H groups in total. The van der Waals surface area contributed by atoms with Crippen molar-refractivity contribution < 1.29 is 32.1 Å². The van der Waals surface area contributed by atoms with Gasteiger partial charge in [0.15, 0.2) is 24.7 Å². The second-order valence-corrected chi connectivity index (χ2v) is 45.3. The maximum Gasteiger partial charge on any atom is 0.309 e. The number of carbonyl (C=O) groups is 2. The third-order valence-corrected chi connectivity index (χ3v) is 28.5. The van der Waals surface area contributed by atoms with E-state index in [1.807, 2.05) is 128 Å². The van der Waals surface area contributed by atoms with Gasteiger partial charge in [0.05, 0.1) is 6.42 Å². The Bertz CT molecular complexity index is 2330. The molecule has 14 heteroatoms. The Balaban J connectivity index is 0.000000329. The van der Waals surface area contributed by atoms with Gasteiger partial charge in [0.1, 0.15) is 13.2 Å². The first-order chi connectivity index (χ1) is 33.8. The molecule has 72 heavy (non-hydrogen) atoms. The predicted octanol–water partition coefficient (Wildman–Crippen LogP) is 12.7. The number of carbonyl (C=O) groups excluding carboxylic acids is 2. The molecule has 0 amide bonds. The molecule has 0 heterocycles. The number of hydrogen-bond donors (Lipinski definition) is 1. The summed E-state index contributed by atoms with van der Waals surface area (Å²) in [5, 5.41) is 5.12. The Morgan fingerprint density at radius 1 is 0.528 bits per heavy atom. The molecule has 6 aromatic rings. The van der Waals surface area contributed by atoms with Crippen LogP contribution in [0.15, 0.2) is 195 Å². The van der Waals surface area contributed by atoms with Gasteiger partial charge in [-0.1, -0.05) is 201 Å². The highest BCUT2D eigenvalue weighted by molar-refractivity contribution is 7.26. The van der Waals surface area contributed by atoms with Gasteiger partial charge >= 0.3 is 11.9 Å². The van der Waals surface area contributed by atoms with Crippen LogP contribution in [0.1, 0.15) is 30.4 Å². The van der Waals surface area contributed by atoms with Crippen LogP contribution in [-0.2, 0) is 40.5 Å². The lowest BCUT2D eigenvalue weighted by atomic mass is 10.2. The quantitative estimate of drug-likeness (QED) is 0.0397. The van der Waals surface area contributed by atoms with E-state index in [1.54, 1.807) is 0 Å². The molecule has 0 radical (unpaired) electrons. The molecule has 0 aliphatic heterocycles. The third kappa shape index (κ3) is 28.1. The van der Waals surface area contributed by atoms with E-state index < -0.39 is 49.7 Å². The topological polar surface area (TPSA) is 91.3 Å². The van der Waals surface area contributed by atoms with Gasteiger partial charge in [-0.25, -0.2) is 0 Å². The second kappa shape index (κ2) is 32.6. The zero-order valence-electron chi connectivity index (χ0n) is 45.2. The first kappa shape index (κ1) is 63.6. The largest absolute Gasteiger partial charge is 0.461 e. The summed E-state index contributed by atoms with van der Waals surface area (Å²) in [5.41, 5.74) is 2.02. The Hall–Kier alpha value is -4.53. The fourth-order valence-electron chi connectivity index (χ4n) is 7.20. The number of hydrogen-bond acceptors (Lipinski definition) is 7. The number of benzene rings is 6. The van der Waals surface area contributed by atoms with Crippen molar-refractivity contribution in [1.29, 1.82) is 0 Å². The van der Waals surface area contributed by atoms with E-state index >= 15 is 0 Å². The number of rotatable bonds is 18. The molecular weight excluding hydrogens is 1010 g/mol. The lowest BCUT2D eigenvalue weighted by molar-refractivity contribution is -0.145. The molecule has 0 spiro atoms. The van der Waals surface area contributed by atoms with Gasteiger partial charge in [-0.2, -0.15) is 11.1 Å². The highest BCUT2D eigenvalue weighted by Gasteiger charge is 2.34. The third-order valence-electron chi connectivity index (χ3n) is 10.9. The molecule has 6 rings (SSSR count). The van der Waals surface area contributed by atoms with Gasteiger partial charge < -0.3 is 22.5 Å². The van der Waals surface area contributed by atoms with Crippen LogP contribution >= 0.6 is 11.1 Å². The lowest BCUT2D eigenvalue weighted by Gasteiger charge is -2.34. The van der Waals surface area contributed by atoms with Crippen LogP contribution in [0.3, 0.4) is 0 Å². The van der Waals surface area contributed by atoms with Crippen LogP contribution in [0, 0.1) is 0 Å². The Morgan fingerprint density at radius 3 is 1.21 bits per heavy atom. The molecule has 0 saturated heterocycles. The van der Waals surface area contributed by atoms with Gasteiger partial charge in [-0.3, -0.25) is 9.59 Å². The van der Waals surface area contributed by atoms with Crippen LogP contribution in [0.4, 0.5) is 0 Å². The standard InChI is InChI=1S/C21H30O3Si2.C11H12O2.C10H18OSi2.C8H11ClSi.C8H12OSi/c1-25(2,24-26(3,4)20-14-9-6-10-15-20)17-11-16-21(22)23-18-19-12-7-5-8-13-19;1-2-6-11(12)13-9-10-7-4-3-5-8-10;1-12(2)11-13(3,4)10-8-6-5-7-9-10;2*1-10(2,9)8-6-4-3-5-7-8/h5-10,12-15H,11,16-18H2,1-4H3;2-5,7-8H,1,6,9H2;5-9,12H,1-4H3;3-7H,1-2H3;3-7,9H,1-2H3. The van der Waals surface area contributed by atoms with Crippen LogP contribution in [-0.4, -0.2) is 66.4 Å². The summed E-state index contributed by atoms with van der Waals surface area (Å²) in [6.07, 6.45) is 3.09. The molecule has 0 fully saturated rings. The first-order valence-corrected chi connectivity index (χ1v) is 43.5. The average Bonchev–Trinajstić information content (AvgIpc) is 3.34. The molecule has 0 bridgehead atoms. The molecule has 388 valence electrons. The van der Waals surface area contributed by atoms with Gasteiger partial charge in [-0.15, -0.1) is 6.58 Å². The fourth-order valence-corrected chi connectivity index (χ4v) is 24.3. The van der Waals surface area contributed by atoms with Crippen molar-refractivity contribution >= 4 is 93.5 Å². The van der Waals surface area contributed by atoms with Crippen molar-refractivity contribution in [3.05, 3.63) is 206 Å². The maximum absolute atomic E-state index is 12.0. The van der Waals surface area contributed by atoms with Crippen molar-refractivity contribution in [3.8, 4) is 0 Å². The number of esters is 2. The van der Waals surface area contributed by atoms with E-state index in [9.17, 15) is 14.4 Å². The zero-order chi connectivity index (χ0) is 53.7. The minimum atomic E-state index is -2.03. The summed E-state index contributed by atoms with van der Waals surface area (Å²) in [6, 6.07) is 61.6. The van der Waals surface area contributed by atoms with Crippen molar-refractivity contribution in [3.63, 3.8) is 0 Å². The Labute approximate surface area is 445 Å². The van der Waals surface area contributed by atoms with E-state index in [0.29, 0.717) is 19.6 Å². The number of halogens is 1. The SMILES string of the molecule is C=CCC(=O)OCc1ccccc1.C[SiH](C)O[Si](C)(C)c1ccccc1.C[Si](C)(CCCC(=O)OCc1ccccc1)O[Si](C)(C)c1ccccc1.C[Si](C)(Cl)c1ccccc1.C[Si](C)(O)c1ccccc1. The van der Waals surface area contributed by atoms with E-state index in [0.717, 1.165) is 28.8 Å². The predicted molar refractivity (Wildman–Crippen MR) is 322 cm³/mol. The summed E-state index contributed by atoms with van der Waals surface area (Å²) >= 11 is 6.20. The molecule has 7 nitrogen and oxygen atoms in total.